The molecule has 0 radical (unpaired) electrons. The number of anilines is 2. The molecule has 2 fully saturated rings. The largest absolute Gasteiger partial charge is 0.378 e. The number of carbonyl (C=O) groups excluding carboxylic acids is 1. The van der Waals surface area contributed by atoms with E-state index in [1.165, 1.54) is 0 Å². The fraction of sp³-hybridized carbons (Fsp3) is 0.611. The molecular formula is C18H27N3O3. The Morgan fingerprint density at radius 3 is 2.79 bits per heavy atom. The van der Waals surface area contributed by atoms with E-state index in [0.29, 0.717) is 13.2 Å². The number of nitrogens with zero attached hydrogens (tertiary/aromatic N) is 2. The molecule has 2 aliphatic rings. The molecule has 2 saturated heterocycles. The van der Waals surface area contributed by atoms with Gasteiger partial charge in [0.25, 0.3) is 0 Å². The van der Waals surface area contributed by atoms with E-state index in [-0.39, 0.29) is 18.1 Å². The molecule has 24 heavy (non-hydrogen) atoms. The number of para-hydroxylation sites is 2. The molecule has 6 heteroatoms. The van der Waals surface area contributed by atoms with Crippen LogP contribution in [-0.4, -0.2) is 69.0 Å². The van der Waals surface area contributed by atoms with Crippen molar-refractivity contribution >= 4 is 17.3 Å². The first-order valence-corrected chi connectivity index (χ1v) is 8.70. The van der Waals surface area contributed by atoms with E-state index in [2.05, 4.69) is 28.1 Å². The Labute approximate surface area is 143 Å². The molecule has 1 aromatic rings. The first-order valence-electron chi connectivity index (χ1n) is 8.70. The van der Waals surface area contributed by atoms with Crippen LogP contribution in [0, 0.1) is 0 Å². The molecule has 0 bridgehead atoms. The first-order chi connectivity index (χ1) is 11.6. The van der Waals surface area contributed by atoms with Crippen LogP contribution in [0.3, 0.4) is 0 Å². The number of rotatable bonds is 4. The van der Waals surface area contributed by atoms with Gasteiger partial charge in [-0.25, -0.2) is 0 Å². The molecule has 1 amide bonds. The Morgan fingerprint density at radius 1 is 1.25 bits per heavy atom. The van der Waals surface area contributed by atoms with Gasteiger partial charge in [0.1, 0.15) is 0 Å². The number of carbonyl (C=O) groups is 1. The van der Waals surface area contributed by atoms with Gasteiger partial charge < -0.3 is 19.7 Å². The molecule has 1 aromatic carbocycles. The van der Waals surface area contributed by atoms with E-state index >= 15 is 0 Å². The molecule has 2 aliphatic heterocycles. The minimum absolute atomic E-state index is 0.0247. The zero-order valence-corrected chi connectivity index (χ0v) is 14.5. The minimum Gasteiger partial charge on any atom is -0.378 e. The van der Waals surface area contributed by atoms with E-state index in [1.54, 1.807) is 0 Å². The molecule has 0 aromatic heterocycles. The van der Waals surface area contributed by atoms with Crippen molar-refractivity contribution in [1.29, 1.82) is 0 Å². The predicted molar refractivity (Wildman–Crippen MR) is 94.6 cm³/mol. The summed E-state index contributed by atoms with van der Waals surface area (Å²) < 4.78 is 11.0. The SMILES string of the molecule is C[C@@H]1CN(CC(=O)Nc2ccccc2N2CCOCC2)[C@H](C)CO1. The van der Waals surface area contributed by atoms with Gasteiger partial charge in [-0.1, -0.05) is 12.1 Å². The first kappa shape index (κ1) is 17.2. The number of benzene rings is 1. The fourth-order valence-electron chi connectivity index (χ4n) is 3.23. The van der Waals surface area contributed by atoms with Gasteiger partial charge >= 0.3 is 0 Å². The summed E-state index contributed by atoms with van der Waals surface area (Å²) in [6, 6.07) is 8.25. The van der Waals surface area contributed by atoms with Crippen LogP contribution in [0.25, 0.3) is 0 Å². The summed E-state index contributed by atoms with van der Waals surface area (Å²) in [7, 11) is 0. The Kier molecular flexibility index (Phi) is 5.71. The number of nitrogens with one attached hydrogen (secondary N) is 1. The van der Waals surface area contributed by atoms with Crippen molar-refractivity contribution in [3.8, 4) is 0 Å². The van der Waals surface area contributed by atoms with Crippen LogP contribution >= 0.6 is 0 Å². The lowest BCUT2D eigenvalue weighted by atomic mass is 10.2. The van der Waals surface area contributed by atoms with Crippen molar-refractivity contribution in [3.05, 3.63) is 24.3 Å². The number of morpholine rings is 2. The van der Waals surface area contributed by atoms with Crippen LogP contribution in [0.2, 0.25) is 0 Å². The van der Waals surface area contributed by atoms with Crippen LogP contribution in [-0.2, 0) is 14.3 Å². The summed E-state index contributed by atoms with van der Waals surface area (Å²) in [6.45, 7) is 9.17. The lowest BCUT2D eigenvalue weighted by molar-refractivity contribution is -0.121. The maximum atomic E-state index is 12.5. The molecule has 0 unspecified atom stereocenters. The highest BCUT2D eigenvalue weighted by atomic mass is 16.5. The van der Waals surface area contributed by atoms with E-state index in [4.69, 9.17) is 9.47 Å². The Bertz CT molecular complexity index is 560. The maximum Gasteiger partial charge on any atom is 0.238 e. The summed E-state index contributed by atoms with van der Waals surface area (Å²) in [6.07, 6.45) is 0.176. The van der Waals surface area contributed by atoms with Crippen molar-refractivity contribution in [2.75, 3.05) is 56.2 Å². The quantitative estimate of drug-likeness (QED) is 0.906. The lowest BCUT2D eigenvalue weighted by Gasteiger charge is -2.36. The molecular weight excluding hydrogens is 306 g/mol. The van der Waals surface area contributed by atoms with E-state index in [1.807, 2.05) is 25.1 Å². The van der Waals surface area contributed by atoms with Gasteiger partial charge in [-0.2, -0.15) is 0 Å². The van der Waals surface area contributed by atoms with Crippen molar-refractivity contribution in [2.24, 2.45) is 0 Å². The zero-order valence-electron chi connectivity index (χ0n) is 14.5. The van der Waals surface area contributed by atoms with Gasteiger partial charge in [-0.3, -0.25) is 9.69 Å². The zero-order chi connectivity index (χ0) is 16.9. The third kappa shape index (κ3) is 4.26. The molecule has 3 rings (SSSR count). The van der Waals surface area contributed by atoms with Gasteiger partial charge in [0.15, 0.2) is 0 Å². The monoisotopic (exact) mass is 333 g/mol. The molecule has 1 N–H and O–H groups in total. The summed E-state index contributed by atoms with van der Waals surface area (Å²) >= 11 is 0. The topological polar surface area (TPSA) is 54.0 Å². The number of hydrogen-bond donors (Lipinski definition) is 1. The number of ether oxygens (including phenoxy) is 2. The molecule has 6 nitrogen and oxygen atoms in total. The highest BCUT2D eigenvalue weighted by Crippen LogP contribution is 2.26. The summed E-state index contributed by atoms with van der Waals surface area (Å²) in [4.78, 5) is 17.0. The van der Waals surface area contributed by atoms with Gasteiger partial charge in [0.2, 0.25) is 5.91 Å². The molecule has 0 saturated carbocycles. The Morgan fingerprint density at radius 2 is 2.00 bits per heavy atom. The number of amides is 1. The summed E-state index contributed by atoms with van der Waals surface area (Å²) in [5.41, 5.74) is 1.94. The summed E-state index contributed by atoms with van der Waals surface area (Å²) in [5, 5.41) is 3.09. The smallest absolute Gasteiger partial charge is 0.238 e. The third-order valence-corrected chi connectivity index (χ3v) is 4.61. The normalized spacial score (nSPS) is 25.5. The third-order valence-electron chi connectivity index (χ3n) is 4.61. The highest BCUT2D eigenvalue weighted by Gasteiger charge is 2.25. The van der Waals surface area contributed by atoms with Crippen LogP contribution < -0.4 is 10.2 Å². The van der Waals surface area contributed by atoms with E-state index < -0.39 is 0 Å². The van der Waals surface area contributed by atoms with Crippen molar-refractivity contribution in [1.82, 2.24) is 4.90 Å². The average Bonchev–Trinajstić information content (AvgIpc) is 2.59. The van der Waals surface area contributed by atoms with Crippen LogP contribution in [0.5, 0.6) is 0 Å². The minimum atomic E-state index is 0.0247. The van der Waals surface area contributed by atoms with Gasteiger partial charge in [-0.15, -0.1) is 0 Å². The molecule has 2 heterocycles. The van der Waals surface area contributed by atoms with Crippen molar-refractivity contribution in [2.45, 2.75) is 26.0 Å². The molecule has 132 valence electrons. The fourth-order valence-corrected chi connectivity index (χ4v) is 3.23. The van der Waals surface area contributed by atoms with Gasteiger partial charge in [0, 0.05) is 25.7 Å². The molecule has 0 spiro atoms. The number of hydrogen-bond acceptors (Lipinski definition) is 5. The van der Waals surface area contributed by atoms with E-state index in [0.717, 1.165) is 44.2 Å². The lowest BCUT2D eigenvalue weighted by Crippen LogP contribution is -2.50. The van der Waals surface area contributed by atoms with Crippen LogP contribution in [0.1, 0.15) is 13.8 Å². The second-order valence-electron chi connectivity index (χ2n) is 6.59. The average molecular weight is 333 g/mol. The van der Waals surface area contributed by atoms with Gasteiger partial charge in [0.05, 0.1) is 43.8 Å². The molecule has 2 atom stereocenters. The standard InChI is InChI=1S/C18H27N3O3/c1-14-13-24-15(2)11-21(14)12-18(22)19-16-5-3-4-6-17(16)20-7-9-23-10-8-20/h3-6,14-15H,7-13H2,1-2H3,(H,19,22)/t14-,15-/m1/s1. The second kappa shape index (κ2) is 7.96. The van der Waals surface area contributed by atoms with Crippen molar-refractivity contribution in [3.63, 3.8) is 0 Å². The maximum absolute atomic E-state index is 12.5. The summed E-state index contributed by atoms with van der Waals surface area (Å²) in [5.74, 6) is 0.0247. The molecule has 0 aliphatic carbocycles. The van der Waals surface area contributed by atoms with Gasteiger partial charge in [-0.05, 0) is 26.0 Å². The van der Waals surface area contributed by atoms with Crippen LogP contribution in [0.15, 0.2) is 24.3 Å². The Hall–Kier alpha value is -1.63. The van der Waals surface area contributed by atoms with Crippen molar-refractivity contribution < 1.29 is 14.3 Å². The second-order valence-corrected chi connectivity index (χ2v) is 6.59. The highest BCUT2D eigenvalue weighted by molar-refractivity contribution is 5.95. The van der Waals surface area contributed by atoms with E-state index in [9.17, 15) is 4.79 Å². The Balaban J connectivity index is 1.64. The predicted octanol–water partition coefficient (Wildman–Crippen LogP) is 1.57. The van der Waals surface area contributed by atoms with Crippen LogP contribution in [0.4, 0.5) is 11.4 Å².